The van der Waals surface area contributed by atoms with Crippen molar-refractivity contribution in [2.75, 3.05) is 6.54 Å². The van der Waals surface area contributed by atoms with Crippen LogP contribution in [0.1, 0.15) is 57.5 Å². The lowest BCUT2D eigenvalue weighted by Crippen LogP contribution is -2.48. The van der Waals surface area contributed by atoms with E-state index in [-0.39, 0.29) is 11.8 Å². The fraction of sp³-hybridized carbons (Fsp3) is 0.778. The lowest BCUT2D eigenvalue weighted by molar-refractivity contribution is -0.127. The maximum Gasteiger partial charge on any atom is 0.225 e. The summed E-state index contributed by atoms with van der Waals surface area (Å²) in [4.78, 5) is 16.8. The largest absolute Gasteiger partial charge is 0.388 e. The Morgan fingerprint density at radius 1 is 1.39 bits per heavy atom. The summed E-state index contributed by atoms with van der Waals surface area (Å²) in [5.41, 5.74) is 0.810. The number of aromatic nitrogens is 2. The molecule has 1 aromatic rings. The quantitative estimate of drug-likeness (QED) is 0.897. The number of rotatable bonds is 3. The van der Waals surface area contributed by atoms with Gasteiger partial charge in [-0.15, -0.1) is 0 Å². The normalized spacial score (nSPS) is 25.7. The zero-order chi connectivity index (χ0) is 16.7. The number of fused-ring (bicyclic) bond motifs is 1. The molecule has 1 amide bonds. The van der Waals surface area contributed by atoms with Crippen LogP contribution in [0.2, 0.25) is 0 Å². The molecule has 128 valence electrons. The Hall–Kier alpha value is -1.36. The summed E-state index contributed by atoms with van der Waals surface area (Å²) in [6, 6.07) is 0. The highest BCUT2D eigenvalue weighted by Crippen LogP contribution is 2.39. The van der Waals surface area contributed by atoms with E-state index < -0.39 is 5.60 Å². The number of imidazole rings is 1. The molecule has 0 aromatic carbocycles. The zero-order valence-electron chi connectivity index (χ0n) is 14.6. The smallest absolute Gasteiger partial charge is 0.225 e. The van der Waals surface area contributed by atoms with Gasteiger partial charge in [-0.25, -0.2) is 4.98 Å². The summed E-state index contributed by atoms with van der Waals surface area (Å²) >= 11 is 0. The van der Waals surface area contributed by atoms with E-state index in [0.29, 0.717) is 18.5 Å². The zero-order valence-corrected chi connectivity index (χ0v) is 14.6. The average molecular weight is 319 g/mol. The van der Waals surface area contributed by atoms with E-state index in [1.165, 1.54) is 5.69 Å². The summed E-state index contributed by atoms with van der Waals surface area (Å²) in [6.07, 6.45) is 7.25. The molecule has 2 aliphatic rings. The Bertz CT molecular complexity index is 581. The number of hydrogen-bond donors (Lipinski definition) is 2. The van der Waals surface area contributed by atoms with E-state index in [1.54, 1.807) is 0 Å². The summed E-state index contributed by atoms with van der Waals surface area (Å²) in [7, 11) is 0. The number of aliphatic hydroxyl groups is 1. The molecule has 1 fully saturated rings. The molecule has 3 rings (SSSR count). The number of nitrogens with one attached hydrogen (secondary N) is 1. The van der Waals surface area contributed by atoms with Gasteiger partial charge < -0.3 is 15.0 Å². The average Bonchev–Trinajstić information content (AvgIpc) is 2.89. The molecule has 0 radical (unpaired) electrons. The van der Waals surface area contributed by atoms with Gasteiger partial charge in [0.05, 0.1) is 11.5 Å². The van der Waals surface area contributed by atoms with Crippen LogP contribution < -0.4 is 5.32 Å². The minimum Gasteiger partial charge on any atom is -0.388 e. The molecule has 5 heteroatoms. The minimum absolute atomic E-state index is 0.0148. The second-order valence-corrected chi connectivity index (χ2v) is 8.25. The molecule has 23 heavy (non-hydrogen) atoms. The predicted molar refractivity (Wildman–Crippen MR) is 89.0 cm³/mol. The van der Waals surface area contributed by atoms with Gasteiger partial charge in [0.2, 0.25) is 5.91 Å². The molecule has 2 N–H and O–H groups in total. The summed E-state index contributed by atoms with van der Waals surface area (Å²) < 4.78 is 2.14. The summed E-state index contributed by atoms with van der Waals surface area (Å²) in [5, 5.41) is 13.7. The molecular weight excluding hydrogens is 290 g/mol. The third-order valence-corrected chi connectivity index (χ3v) is 5.79. The van der Waals surface area contributed by atoms with E-state index in [1.807, 2.05) is 13.1 Å². The van der Waals surface area contributed by atoms with Crippen molar-refractivity contribution in [1.29, 1.82) is 0 Å². The molecule has 5 nitrogen and oxygen atoms in total. The molecule has 0 unspecified atom stereocenters. The number of aryl methyl sites for hydroxylation is 2. The summed E-state index contributed by atoms with van der Waals surface area (Å²) in [6.45, 7) is 7.57. The third-order valence-electron chi connectivity index (χ3n) is 5.79. The molecule has 0 saturated heterocycles. The van der Waals surface area contributed by atoms with Crippen molar-refractivity contribution in [1.82, 2.24) is 14.9 Å². The first-order chi connectivity index (χ1) is 10.8. The van der Waals surface area contributed by atoms with Gasteiger partial charge in [0, 0.05) is 25.0 Å². The SMILES string of the molecule is Cc1ncc2n1C[C@H](C(=O)NCC1(O)CCC(C)(C)CC1)CC2. The van der Waals surface area contributed by atoms with Gasteiger partial charge in [-0.3, -0.25) is 4.79 Å². The van der Waals surface area contributed by atoms with E-state index in [9.17, 15) is 9.90 Å². The Kier molecular flexibility index (Phi) is 4.25. The lowest BCUT2D eigenvalue weighted by Gasteiger charge is -2.40. The van der Waals surface area contributed by atoms with Crippen LogP contribution in [0.15, 0.2) is 6.20 Å². The fourth-order valence-electron chi connectivity index (χ4n) is 3.78. The number of carbonyl (C=O) groups is 1. The van der Waals surface area contributed by atoms with Crippen molar-refractivity contribution in [3.8, 4) is 0 Å². The van der Waals surface area contributed by atoms with Crippen LogP contribution in [0, 0.1) is 18.3 Å². The molecule has 2 heterocycles. The van der Waals surface area contributed by atoms with Gasteiger partial charge in [-0.1, -0.05) is 13.8 Å². The lowest BCUT2D eigenvalue weighted by atomic mass is 9.71. The molecule has 1 aliphatic carbocycles. The second-order valence-electron chi connectivity index (χ2n) is 8.25. The monoisotopic (exact) mass is 319 g/mol. The fourth-order valence-corrected chi connectivity index (χ4v) is 3.78. The van der Waals surface area contributed by atoms with Gasteiger partial charge in [0.1, 0.15) is 5.82 Å². The summed E-state index contributed by atoms with van der Waals surface area (Å²) in [5.74, 6) is 1.03. The van der Waals surface area contributed by atoms with Gasteiger partial charge in [-0.05, 0) is 50.9 Å². The van der Waals surface area contributed by atoms with Crippen molar-refractivity contribution in [3.63, 3.8) is 0 Å². The van der Waals surface area contributed by atoms with Gasteiger partial charge in [0.15, 0.2) is 0 Å². The highest BCUT2D eigenvalue weighted by atomic mass is 16.3. The van der Waals surface area contributed by atoms with Crippen molar-refractivity contribution in [3.05, 3.63) is 17.7 Å². The Labute approximate surface area is 138 Å². The minimum atomic E-state index is -0.726. The predicted octanol–water partition coefficient (Wildman–Crippen LogP) is 2.20. The van der Waals surface area contributed by atoms with Crippen molar-refractivity contribution in [2.24, 2.45) is 11.3 Å². The number of carbonyl (C=O) groups excluding carboxylic acids is 1. The van der Waals surface area contributed by atoms with Crippen LogP contribution in [0.4, 0.5) is 0 Å². The second kappa shape index (κ2) is 5.93. The van der Waals surface area contributed by atoms with Gasteiger partial charge >= 0.3 is 0 Å². The van der Waals surface area contributed by atoms with Crippen LogP contribution in [-0.4, -0.2) is 32.7 Å². The van der Waals surface area contributed by atoms with Gasteiger partial charge in [0.25, 0.3) is 0 Å². The third kappa shape index (κ3) is 3.60. The standard InChI is InChI=1S/C18H29N3O2/c1-13-19-10-15-5-4-14(11-21(13)15)16(22)20-12-18(23)8-6-17(2,3)7-9-18/h10,14,23H,4-9,11-12H2,1-3H3,(H,20,22)/t14-/m1/s1. The Morgan fingerprint density at radius 2 is 2.09 bits per heavy atom. The molecule has 0 bridgehead atoms. The van der Waals surface area contributed by atoms with Crippen LogP contribution in [0.5, 0.6) is 0 Å². The van der Waals surface area contributed by atoms with E-state index in [0.717, 1.165) is 44.3 Å². The van der Waals surface area contributed by atoms with Crippen molar-refractivity contribution in [2.45, 2.75) is 71.4 Å². The van der Waals surface area contributed by atoms with Crippen LogP contribution in [-0.2, 0) is 17.8 Å². The van der Waals surface area contributed by atoms with Crippen LogP contribution in [0.25, 0.3) is 0 Å². The Morgan fingerprint density at radius 3 is 2.78 bits per heavy atom. The highest BCUT2D eigenvalue weighted by Gasteiger charge is 2.37. The van der Waals surface area contributed by atoms with E-state index >= 15 is 0 Å². The first-order valence-corrected chi connectivity index (χ1v) is 8.79. The maximum atomic E-state index is 12.5. The maximum absolute atomic E-state index is 12.5. The first kappa shape index (κ1) is 16.5. The van der Waals surface area contributed by atoms with Crippen LogP contribution >= 0.6 is 0 Å². The molecule has 1 aromatic heterocycles. The molecular formula is C18H29N3O2. The number of hydrogen-bond acceptors (Lipinski definition) is 3. The molecule has 1 saturated carbocycles. The highest BCUT2D eigenvalue weighted by molar-refractivity contribution is 5.78. The van der Waals surface area contributed by atoms with Gasteiger partial charge in [-0.2, -0.15) is 0 Å². The molecule has 1 aliphatic heterocycles. The van der Waals surface area contributed by atoms with Crippen molar-refractivity contribution < 1.29 is 9.90 Å². The first-order valence-electron chi connectivity index (χ1n) is 8.79. The van der Waals surface area contributed by atoms with E-state index in [2.05, 4.69) is 28.7 Å². The number of nitrogens with zero attached hydrogens (tertiary/aromatic N) is 2. The number of amides is 1. The topological polar surface area (TPSA) is 67.2 Å². The van der Waals surface area contributed by atoms with Crippen LogP contribution in [0.3, 0.4) is 0 Å². The molecule has 1 atom stereocenters. The van der Waals surface area contributed by atoms with E-state index in [4.69, 9.17) is 0 Å². The van der Waals surface area contributed by atoms with Crippen molar-refractivity contribution >= 4 is 5.91 Å². The molecule has 0 spiro atoms. The Balaban J connectivity index is 1.53.